The van der Waals surface area contributed by atoms with E-state index in [2.05, 4.69) is 5.32 Å². The molecule has 0 saturated carbocycles. The number of carbonyl (C=O) groups is 1. The van der Waals surface area contributed by atoms with Crippen molar-refractivity contribution < 1.29 is 13.9 Å². The predicted molar refractivity (Wildman–Crippen MR) is 84.6 cm³/mol. The van der Waals surface area contributed by atoms with Gasteiger partial charge in [0.15, 0.2) is 0 Å². The maximum absolute atomic E-state index is 12.3. The normalized spacial score (nSPS) is 11.6. The summed E-state index contributed by atoms with van der Waals surface area (Å²) in [5.74, 6) is 0.417. The van der Waals surface area contributed by atoms with E-state index in [4.69, 9.17) is 10.5 Å². The molecular formula is C15H22ClFN2O2. The third-order valence-corrected chi connectivity index (χ3v) is 2.45. The van der Waals surface area contributed by atoms with Crippen LogP contribution in [0.25, 0.3) is 0 Å². The van der Waals surface area contributed by atoms with Crippen LogP contribution in [0.1, 0.15) is 31.1 Å². The Morgan fingerprint density at radius 2 is 1.90 bits per heavy atom. The number of benzene rings is 1. The predicted octanol–water partition coefficient (Wildman–Crippen LogP) is 2.83. The van der Waals surface area contributed by atoms with Crippen molar-refractivity contribution in [1.29, 1.82) is 0 Å². The molecule has 3 N–H and O–H groups in total. The lowest BCUT2D eigenvalue weighted by Gasteiger charge is -2.20. The first-order chi connectivity index (χ1) is 9.35. The molecule has 118 valence electrons. The minimum absolute atomic E-state index is 0. The highest BCUT2D eigenvalue weighted by Crippen LogP contribution is 2.14. The fourth-order valence-corrected chi connectivity index (χ4v) is 1.43. The Bertz CT molecular complexity index is 481. The largest absolute Gasteiger partial charge is 0.489 e. The minimum atomic E-state index is -0.284. The first-order valence-corrected chi connectivity index (χ1v) is 6.39. The highest BCUT2D eigenvalue weighted by molar-refractivity contribution is 5.94. The fourth-order valence-electron chi connectivity index (χ4n) is 1.43. The number of amides is 1. The Hall–Kier alpha value is -1.59. The van der Waals surface area contributed by atoms with E-state index in [1.165, 1.54) is 0 Å². The van der Waals surface area contributed by atoms with Gasteiger partial charge in [-0.25, -0.2) is 4.39 Å². The van der Waals surface area contributed by atoms with Crippen molar-refractivity contribution in [3.8, 4) is 5.75 Å². The van der Waals surface area contributed by atoms with Gasteiger partial charge in [0.05, 0.1) is 6.33 Å². The van der Waals surface area contributed by atoms with E-state index in [9.17, 15) is 9.18 Å². The minimum Gasteiger partial charge on any atom is -0.489 e. The van der Waals surface area contributed by atoms with Crippen molar-refractivity contribution >= 4 is 18.3 Å². The lowest BCUT2D eigenvalue weighted by molar-refractivity contribution is 0.0919. The van der Waals surface area contributed by atoms with Crippen LogP contribution >= 0.6 is 12.4 Å². The van der Waals surface area contributed by atoms with E-state index in [0.29, 0.717) is 23.2 Å². The van der Waals surface area contributed by atoms with Gasteiger partial charge in [-0.2, -0.15) is 0 Å². The maximum atomic E-state index is 12.3. The first-order valence-electron chi connectivity index (χ1n) is 6.39. The van der Waals surface area contributed by atoms with E-state index in [0.717, 1.165) is 0 Å². The molecule has 21 heavy (non-hydrogen) atoms. The third kappa shape index (κ3) is 7.11. The van der Waals surface area contributed by atoms with Gasteiger partial charge in [0.2, 0.25) is 0 Å². The molecule has 0 aliphatic heterocycles. The summed E-state index contributed by atoms with van der Waals surface area (Å²) in [7, 11) is 0. The molecule has 1 amide bonds. The van der Waals surface area contributed by atoms with Crippen LogP contribution in [0, 0.1) is 0 Å². The van der Waals surface area contributed by atoms with Gasteiger partial charge >= 0.3 is 0 Å². The van der Waals surface area contributed by atoms with Crippen LogP contribution in [0.15, 0.2) is 36.2 Å². The molecule has 0 atom stereocenters. The van der Waals surface area contributed by atoms with E-state index < -0.39 is 0 Å². The number of nitrogens with one attached hydrogen (secondary N) is 1. The number of halogens is 2. The average Bonchev–Trinajstić information content (AvgIpc) is 2.38. The van der Waals surface area contributed by atoms with E-state index in [1.807, 2.05) is 20.8 Å². The SMILES string of the molecule is CC(C)(C)NC(=O)c1ccc(OC/C(=C/F)CN)cc1.Cl. The van der Waals surface area contributed by atoms with Crippen molar-refractivity contribution in [3.63, 3.8) is 0 Å². The summed E-state index contributed by atoms with van der Waals surface area (Å²) in [5, 5.41) is 2.87. The van der Waals surface area contributed by atoms with E-state index in [-0.39, 0.29) is 37.0 Å². The second-order valence-electron chi connectivity index (χ2n) is 5.49. The van der Waals surface area contributed by atoms with Crippen LogP contribution in [-0.2, 0) is 0 Å². The molecule has 0 spiro atoms. The number of ether oxygens (including phenoxy) is 1. The zero-order chi connectivity index (χ0) is 15.2. The summed E-state index contributed by atoms with van der Waals surface area (Å²) in [6, 6.07) is 6.67. The molecule has 1 rings (SSSR count). The smallest absolute Gasteiger partial charge is 0.251 e. The quantitative estimate of drug-likeness (QED) is 0.878. The Morgan fingerprint density at radius 1 is 1.33 bits per heavy atom. The molecule has 1 aromatic rings. The summed E-state index contributed by atoms with van der Waals surface area (Å²) < 4.78 is 17.7. The van der Waals surface area contributed by atoms with Crippen molar-refractivity contribution in [2.45, 2.75) is 26.3 Å². The summed E-state index contributed by atoms with van der Waals surface area (Å²) in [5.41, 5.74) is 5.97. The van der Waals surface area contributed by atoms with Crippen LogP contribution in [0.2, 0.25) is 0 Å². The summed E-state index contributed by atoms with van der Waals surface area (Å²) in [6.45, 7) is 5.96. The summed E-state index contributed by atoms with van der Waals surface area (Å²) in [4.78, 5) is 11.9. The summed E-state index contributed by atoms with van der Waals surface area (Å²) in [6.07, 6.45) is 0.450. The van der Waals surface area contributed by atoms with Gasteiger partial charge in [0, 0.05) is 23.2 Å². The molecule has 0 heterocycles. The van der Waals surface area contributed by atoms with Gasteiger partial charge < -0.3 is 15.8 Å². The van der Waals surface area contributed by atoms with E-state index in [1.54, 1.807) is 24.3 Å². The standard InChI is InChI=1S/C15H21FN2O2.ClH/c1-15(2,3)18-14(19)12-4-6-13(7-5-12)20-10-11(8-16)9-17;/h4-8H,9-10,17H2,1-3H3,(H,18,19);1H/b11-8+;. The highest BCUT2D eigenvalue weighted by Gasteiger charge is 2.15. The Kier molecular flexibility index (Phi) is 7.99. The third-order valence-electron chi connectivity index (χ3n) is 2.45. The lowest BCUT2D eigenvalue weighted by atomic mass is 10.1. The highest BCUT2D eigenvalue weighted by atomic mass is 35.5. The van der Waals surface area contributed by atoms with Gasteiger partial charge in [0.25, 0.3) is 5.91 Å². The number of carbonyl (C=O) groups excluding carboxylic acids is 1. The van der Waals surface area contributed by atoms with Gasteiger partial charge in [-0.3, -0.25) is 4.79 Å². The number of hydrogen-bond acceptors (Lipinski definition) is 3. The van der Waals surface area contributed by atoms with Crippen LogP contribution < -0.4 is 15.8 Å². The van der Waals surface area contributed by atoms with Gasteiger partial charge in [-0.1, -0.05) is 0 Å². The van der Waals surface area contributed by atoms with Gasteiger partial charge in [0.1, 0.15) is 12.4 Å². The fraction of sp³-hybridized carbons (Fsp3) is 0.400. The molecule has 0 aliphatic rings. The molecule has 0 fully saturated rings. The van der Waals surface area contributed by atoms with E-state index >= 15 is 0 Å². The van der Waals surface area contributed by atoms with Crippen molar-refractivity contribution in [1.82, 2.24) is 5.32 Å². The van der Waals surface area contributed by atoms with Crippen LogP contribution in [0.5, 0.6) is 5.75 Å². The second-order valence-corrected chi connectivity index (χ2v) is 5.49. The van der Waals surface area contributed by atoms with Crippen molar-refractivity contribution in [3.05, 3.63) is 41.7 Å². The zero-order valence-electron chi connectivity index (χ0n) is 12.5. The molecule has 0 radical (unpaired) electrons. The van der Waals surface area contributed by atoms with Crippen molar-refractivity contribution in [2.24, 2.45) is 5.73 Å². The molecule has 0 saturated heterocycles. The van der Waals surface area contributed by atoms with Crippen LogP contribution in [-0.4, -0.2) is 24.6 Å². The lowest BCUT2D eigenvalue weighted by Crippen LogP contribution is -2.40. The van der Waals surface area contributed by atoms with Crippen LogP contribution in [0.3, 0.4) is 0 Å². The monoisotopic (exact) mass is 316 g/mol. The molecule has 0 aliphatic carbocycles. The van der Waals surface area contributed by atoms with Gasteiger partial charge in [-0.15, -0.1) is 12.4 Å². The zero-order valence-corrected chi connectivity index (χ0v) is 13.3. The molecule has 1 aromatic carbocycles. The molecular weight excluding hydrogens is 295 g/mol. The Morgan fingerprint density at radius 3 is 2.33 bits per heavy atom. The first kappa shape index (κ1) is 19.4. The van der Waals surface area contributed by atoms with Gasteiger partial charge in [-0.05, 0) is 45.0 Å². The van der Waals surface area contributed by atoms with Crippen molar-refractivity contribution in [2.75, 3.05) is 13.2 Å². The maximum Gasteiger partial charge on any atom is 0.251 e. The Labute approximate surface area is 131 Å². The number of rotatable bonds is 5. The summed E-state index contributed by atoms with van der Waals surface area (Å²) >= 11 is 0. The molecule has 4 nitrogen and oxygen atoms in total. The molecule has 6 heteroatoms. The second kappa shape index (κ2) is 8.64. The molecule has 0 unspecified atom stereocenters. The molecule has 0 bridgehead atoms. The van der Waals surface area contributed by atoms with Crippen LogP contribution in [0.4, 0.5) is 4.39 Å². The number of nitrogens with two attached hydrogens (primary N) is 1. The Balaban J connectivity index is 0.00000400. The average molecular weight is 317 g/mol. The molecule has 0 aromatic heterocycles. The number of hydrogen-bond donors (Lipinski definition) is 2. The topological polar surface area (TPSA) is 64.3 Å².